The van der Waals surface area contributed by atoms with Crippen LogP contribution < -0.4 is 5.56 Å². The molecule has 184 valence electrons. The molecule has 1 atom stereocenters. The van der Waals surface area contributed by atoms with Crippen molar-refractivity contribution in [2.45, 2.75) is 39.5 Å². The van der Waals surface area contributed by atoms with Crippen LogP contribution in [0, 0.1) is 13.8 Å². The van der Waals surface area contributed by atoms with E-state index >= 15 is 0 Å². The van der Waals surface area contributed by atoms with Crippen LogP contribution in [0.2, 0.25) is 0 Å². The molecule has 0 spiro atoms. The number of thiophene rings is 1. The van der Waals surface area contributed by atoms with E-state index in [4.69, 9.17) is 9.40 Å². The predicted molar refractivity (Wildman–Crippen MR) is 144 cm³/mol. The smallest absolute Gasteiger partial charge is 0.260 e. The number of rotatable bonds is 9. The highest BCUT2D eigenvalue weighted by Crippen LogP contribution is 2.33. The molecule has 7 heteroatoms. The first-order valence-electron chi connectivity index (χ1n) is 12.0. The summed E-state index contributed by atoms with van der Waals surface area (Å²) in [5.74, 6) is 1.36. The van der Waals surface area contributed by atoms with Crippen molar-refractivity contribution in [2.24, 2.45) is 0 Å². The van der Waals surface area contributed by atoms with Gasteiger partial charge >= 0.3 is 0 Å². The maximum absolute atomic E-state index is 13.2. The molecule has 6 nitrogen and oxygen atoms in total. The van der Waals surface area contributed by atoms with Crippen molar-refractivity contribution in [1.29, 1.82) is 0 Å². The number of fused-ring (bicyclic) bond motifs is 1. The summed E-state index contributed by atoms with van der Waals surface area (Å²) >= 11 is 1.48. The lowest BCUT2D eigenvalue weighted by Gasteiger charge is -2.24. The number of aromatic amines is 1. The van der Waals surface area contributed by atoms with Crippen LogP contribution in [0.3, 0.4) is 0 Å². The van der Waals surface area contributed by atoms with E-state index in [1.54, 1.807) is 6.26 Å². The Hall–Kier alpha value is -3.52. The first-order chi connectivity index (χ1) is 17.5. The van der Waals surface area contributed by atoms with Gasteiger partial charge < -0.3 is 14.5 Å². The van der Waals surface area contributed by atoms with E-state index in [0.29, 0.717) is 42.1 Å². The fraction of sp³-hybridized carbons (Fsp3) is 0.241. The van der Waals surface area contributed by atoms with Crippen molar-refractivity contribution < 1.29 is 9.52 Å². The summed E-state index contributed by atoms with van der Waals surface area (Å²) in [5.41, 5.74) is 5.19. The van der Waals surface area contributed by atoms with Crippen molar-refractivity contribution in [3.63, 3.8) is 0 Å². The minimum absolute atomic E-state index is 0.144. The number of aromatic nitrogens is 2. The molecule has 0 aliphatic carbocycles. The zero-order valence-electron chi connectivity index (χ0n) is 20.4. The molecule has 0 fully saturated rings. The highest BCUT2D eigenvalue weighted by molar-refractivity contribution is 7.17. The molecular weight excluding hydrogens is 470 g/mol. The van der Waals surface area contributed by atoms with Gasteiger partial charge in [0.05, 0.1) is 30.8 Å². The van der Waals surface area contributed by atoms with Gasteiger partial charge in [-0.3, -0.25) is 9.69 Å². The number of aliphatic hydroxyl groups is 1. The normalized spacial score (nSPS) is 12.4. The average Bonchev–Trinajstić information content (AvgIpc) is 3.51. The fourth-order valence-corrected chi connectivity index (χ4v) is 5.52. The molecule has 3 aromatic heterocycles. The second-order valence-electron chi connectivity index (χ2n) is 9.25. The van der Waals surface area contributed by atoms with Gasteiger partial charge in [0.25, 0.3) is 5.56 Å². The molecule has 0 aliphatic heterocycles. The monoisotopic (exact) mass is 499 g/mol. The van der Waals surface area contributed by atoms with E-state index in [0.717, 1.165) is 33.6 Å². The third kappa shape index (κ3) is 5.49. The van der Waals surface area contributed by atoms with Crippen LogP contribution in [0.25, 0.3) is 21.3 Å². The molecule has 5 aromatic rings. The zero-order chi connectivity index (χ0) is 25.1. The van der Waals surface area contributed by atoms with Crippen LogP contribution in [0.4, 0.5) is 0 Å². The van der Waals surface area contributed by atoms with Crippen LogP contribution in [0.1, 0.15) is 28.3 Å². The van der Waals surface area contributed by atoms with Gasteiger partial charge in [-0.1, -0.05) is 54.1 Å². The number of H-pyrrole nitrogens is 1. The third-order valence-corrected chi connectivity index (χ3v) is 7.16. The molecule has 5 rings (SSSR count). The van der Waals surface area contributed by atoms with Gasteiger partial charge in [-0.15, -0.1) is 11.3 Å². The van der Waals surface area contributed by atoms with Gasteiger partial charge in [0.15, 0.2) is 0 Å². The summed E-state index contributed by atoms with van der Waals surface area (Å²) in [6.07, 6.45) is 1.61. The first kappa shape index (κ1) is 24.2. The van der Waals surface area contributed by atoms with E-state index in [1.807, 2.05) is 47.8 Å². The maximum Gasteiger partial charge on any atom is 0.260 e. The molecule has 0 amide bonds. The summed E-state index contributed by atoms with van der Waals surface area (Å²) in [4.78, 5) is 23.8. The Morgan fingerprint density at radius 2 is 1.89 bits per heavy atom. The summed E-state index contributed by atoms with van der Waals surface area (Å²) < 4.78 is 5.56. The van der Waals surface area contributed by atoms with Gasteiger partial charge in [0.2, 0.25) is 0 Å². The molecular formula is C29H29N3O3S. The lowest BCUT2D eigenvalue weighted by atomic mass is 9.99. The van der Waals surface area contributed by atoms with Gasteiger partial charge in [-0.2, -0.15) is 0 Å². The van der Waals surface area contributed by atoms with Gasteiger partial charge in [0.1, 0.15) is 16.4 Å². The summed E-state index contributed by atoms with van der Waals surface area (Å²) in [7, 11) is 0. The zero-order valence-corrected chi connectivity index (χ0v) is 21.2. The second kappa shape index (κ2) is 10.6. The number of nitrogens with zero attached hydrogens (tertiary/aromatic N) is 2. The standard InChI is InChI=1S/C29H29N3O3S/c1-19-10-11-20(2)24(13-19)25-18-36-29-27(25)28(34)30-26(31-29)17-32(16-23-9-6-12-35-23)15-22(33)14-21-7-4-3-5-8-21/h3-13,18,22,33H,14-17H2,1-2H3,(H,30,31,34)/t22-/m1/s1. The van der Waals surface area contributed by atoms with Gasteiger partial charge in [0, 0.05) is 17.5 Å². The quantitative estimate of drug-likeness (QED) is 0.281. The van der Waals surface area contributed by atoms with Crippen molar-refractivity contribution >= 4 is 21.6 Å². The molecule has 0 aliphatic rings. The summed E-state index contributed by atoms with van der Waals surface area (Å²) in [6.45, 7) is 5.40. The van der Waals surface area contributed by atoms with E-state index in [1.165, 1.54) is 11.3 Å². The lowest BCUT2D eigenvalue weighted by Crippen LogP contribution is -2.34. The number of aliphatic hydroxyl groups excluding tert-OH is 1. The number of aryl methyl sites for hydroxylation is 2. The number of hydrogen-bond acceptors (Lipinski definition) is 6. The highest BCUT2D eigenvalue weighted by atomic mass is 32.1. The van der Waals surface area contributed by atoms with Crippen LogP contribution in [-0.4, -0.2) is 32.6 Å². The molecule has 0 radical (unpaired) electrons. The molecule has 36 heavy (non-hydrogen) atoms. The molecule has 2 aromatic carbocycles. The number of furan rings is 1. The Balaban J connectivity index is 1.41. The topological polar surface area (TPSA) is 82.4 Å². The maximum atomic E-state index is 13.2. The van der Waals surface area contributed by atoms with Crippen molar-refractivity contribution in [3.8, 4) is 11.1 Å². The van der Waals surface area contributed by atoms with Crippen LogP contribution >= 0.6 is 11.3 Å². The van der Waals surface area contributed by atoms with E-state index in [9.17, 15) is 9.90 Å². The minimum atomic E-state index is -0.574. The van der Waals surface area contributed by atoms with Gasteiger partial charge in [-0.05, 0) is 49.1 Å². The Kier molecular flexibility index (Phi) is 7.13. The fourth-order valence-electron chi connectivity index (χ4n) is 4.56. The molecule has 0 unspecified atom stereocenters. The molecule has 2 N–H and O–H groups in total. The Morgan fingerprint density at radius 3 is 2.67 bits per heavy atom. The molecule has 0 saturated carbocycles. The predicted octanol–water partition coefficient (Wildman–Crippen LogP) is 5.47. The Labute approximate surface area is 213 Å². The lowest BCUT2D eigenvalue weighted by molar-refractivity contribution is 0.0988. The second-order valence-corrected chi connectivity index (χ2v) is 10.1. The van der Waals surface area contributed by atoms with Crippen LogP contribution in [0.15, 0.2) is 81.5 Å². The SMILES string of the molecule is Cc1ccc(C)c(-c2csc3nc(CN(Cc4ccco4)C[C@H](O)Cc4ccccc4)[nH]c(=O)c23)c1. The third-order valence-electron chi connectivity index (χ3n) is 6.29. The van der Waals surface area contributed by atoms with Crippen LogP contribution in [0.5, 0.6) is 0 Å². The number of benzene rings is 2. The molecule has 0 saturated heterocycles. The first-order valence-corrected chi connectivity index (χ1v) is 12.9. The van der Waals surface area contributed by atoms with Crippen molar-refractivity contribution in [2.75, 3.05) is 6.54 Å². The summed E-state index contributed by atoms with van der Waals surface area (Å²) in [5, 5.41) is 13.5. The average molecular weight is 500 g/mol. The number of hydrogen-bond donors (Lipinski definition) is 2. The van der Waals surface area contributed by atoms with E-state index in [-0.39, 0.29) is 5.56 Å². The minimum Gasteiger partial charge on any atom is -0.468 e. The highest BCUT2D eigenvalue weighted by Gasteiger charge is 2.19. The van der Waals surface area contributed by atoms with E-state index < -0.39 is 6.10 Å². The van der Waals surface area contributed by atoms with Crippen molar-refractivity contribution in [3.05, 3.63) is 111 Å². The van der Waals surface area contributed by atoms with Crippen LogP contribution in [-0.2, 0) is 19.5 Å². The molecule has 3 heterocycles. The largest absolute Gasteiger partial charge is 0.468 e. The number of nitrogens with one attached hydrogen (secondary N) is 1. The molecule has 0 bridgehead atoms. The van der Waals surface area contributed by atoms with Gasteiger partial charge in [-0.25, -0.2) is 4.98 Å². The summed E-state index contributed by atoms with van der Waals surface area (Å²) in [6, 6.07) is 20.0. The van der Waals surface area contributed by atoms with E-state index in [2.05, 4.69) is 41.9 Å². The Bertz CT molecular complexity index is 1510. The van der Waals surface area contributed by atoms with Crippen molar-refractivity contribution in [1.82, 2.24) is 14.9 Å². The Morgan fingerprint density at radius 1 is 1.06 bits per heavy atom.